The predicted molar refractivity (Wildman–Crippen MR) is 317 cm³/mol. The smallest absolute Gasteiger partial charge is 0.143 e. The molecule has 0 atom stereocenters. The summed E-state index contributed by atoms with van der Waals surface area (Å²) in [6.07, 6.45) is 0. The number of hydrogen-bond acceptors (Lipinski definition) is 2. The molecular weight excluding hydrogens is 909 g/mol. The molecule has 0 N–H and O–H groups in total. The van der Waals surface area contributed by atoms with E-state index < -0.39 is 0 Å². The molecule has 15 aromatic rings. The van der Waals surface area contributed by atoms with Crippen LogP contribution in [-0.4, -0.2) is 4.57 Å². The number of furan rings is 1. The lowest BCUT2D eigenvalue weighted by Gasteiger charge is -2.26. The Balaban J connectivity index is 0.814. The highest BCUT2D eigenvalue weighted by molar-refractivity contribution is 6.18. The second kappa shape index (κ2) is 17.4. The minimum absolute atomic E-state index is 0.893. The first-order chi connectivity index (χ1) is 37.2. The molecule has 0 spiro atoms. The van der Waals surface area contributed by atoms with E-state index in [1.165, 1.54) is 65.4 Å². The zero-order valence-corrected chi connectivity index (χ0v) is 40.9. The molecule has 0 aliphatic carbocycles. The molecule has 0 fully saturated rings. The maximum Gasteiger partial charge on any atom is 0.143 e. The summed E-state index contributed by atoms with van der Waals surface area (Å²) in [6.45, 7) is 0. The lowest BCUT2D eigenvalue weighted by atomic mass is 9.92. The Hall–Kier alpha value is -9.96. The Morgan fingerprint density at radius 3 is 1.49 bits per heavy atom. The van der Waals surface area contributed by atoms with Crippen molar-refractivity contribution in [1.82, 2.24) is 4.57 Å². The van der Waals surface area contributed by atoms with Crippen LogP contribution in [0.4, 0.5) is 17.1 Å². The number of nitrogens with zero attached hydrogens (tertiary/aromatic N) is 2. The molecule has 75 heavy (non-hydrogen) atoms. The number of benzene rings is 13. The number of anilines is 3. The number of hydrogen-bond donors (Lipinski definition) is 0. The highest BCUT2D eigenvalue weighted by Gasteiger charge is 2.19. The van der Waals surface area contributed by atoms with Gasteiger partial charge in [-0.3, -0.25) is 0 Å². The lowest BCUT2D eigenvalue weighted by Crippen LogP contribution is -2.10. The molecule has 0 amide bonds. The third-order valence-corrected chi connectivity index (χ3v) is 15.4. The van der Waals surface area contributed by atoms with Crippen LogP contribution < -0.4 is 4.90 Å². The molecule has 0 radical (unpaired) electrons. The molecule has 2 aromatic heterocycles. The molecule has 0 aliphatic heterocycles. The monoisotopic (exact) mass is 954 g/mol. The van der Waals surface area contributed by atoms with E-state index in [2.05, 4.69) is 289 Å². The van der Waals surface area contributed by atoms with Crippen LogP contribution in [0.25, 0.3) is 126 Å². The molecule has 0 saturated carbocycles. The zero-order valence-electron chi connectivity index (χ0n) is 40.9. The van der Waals surface area contributed by atoms with Crippen molar-refractivity contribution in [3.05, 3.63) is 279 Å². The molecule has 0 bridgehead atoms. The Kier molecular flexibility index (Phi) is 9.89. The van der Waals surface area contributed by atoms with Gasteiger partial charge in [0.2, 0.25) is 0 Å². The van der Waals surface area contributed by atoms with E-state index in [0.717, 1.165) is 77.9 Å². The number of fused-ring (bicyclic) bond motifs is 11. The van der Waals surface area contributed by atoms with Crippen molar-refractivity contribution in [2.24, 2.45) is 0 Å². The Morgan fingerprint density at radius 1 is 0.253 bits per heavy atom. The van der Waals surface area contributed by atoms with Crippen LogP contribution in [0.1, 0.15) is 0 Å². The first kappa shape index (κ1) is 42.7. The van der Waals surface area contributed by atoms with Gasteiger partial charge in [-0.05, 0) is 139 Å². The highest BCUT2D eigenvalue weighted by Crippen LogP contribution is 2.43. The fourth-order valence-electron chi connectivity index (χ4n) is 11.8. The van der Waals surface area contributed by atoms with E-state index in [1.807, 2.05) is 0 Å². The van der Waals surface area contributed by atoms with Gasteiger partial charge >= 0.3 is 0 Å². The molecule has 2 heterocycles. The van der Waals surface area contributed by atoms with E-state index in [0.29, 0.717) is 0 Å². The highest BCUT2D eigenvalue weighted by atomic mass is 16.3. The van der Waals surface area contributed by atoms with Crippen LogP contribution in [-0.2, 0) is 0 Å². The topological polar surface area (TPSA) is 21.3 Å². The van der Waals surface area contributed by atoms with Crippen molar-refractivity contribution in [3.8, 4) is 50.2 Å². The van der Waals surface area contributed by atoms with Crippen LogP contribution in [0, 0.1) is 0 Å². The van der Waals surface area contributed by atoms with Crippen molar-refractivity contribution >= 4 is 93.1 Å². The Bertz CT molecular complexity index is 4640. The third-order valence-electron chi connectivity index (χ3n) is 15.4. The average Bonchev–Trinajstić information content (AvgIpc) is 4.07. The second-order valence-electron chi connectivity index (χ2n) is 19.6. The van der Waals surface area contributed by atoms with E-state index in [-0.39, 0.29) is 0 Å². The van der Waals surface area contributed by atoms with Crippen LogP contribution in [0.5, 0.6) is 0 Å². The zero-order chi connectivity index (χ0) is 49.4. The van der Waals surface area contributed by atoms with Crippen LogP contribution in [0.15, 0.2) is 283 Å². The SMILES string of the molecule is c1cc(-c2cccc3c2oc2c4ccccc4ccc32)cc(N(c2ccc(-c3ccc(-c4cc5ccccc5c5ccccc45)cc3)cc2)c2ccc(-c3cccc(-n4c5ccccc5c5ccccc54)c3)cc2)c1. The Labute approximate surface area is 434 Å². The van der Waals surface area contributed by atoms with E-state index in [1.54, 1.807) is 0 Å². The number of rotatable bonds is 8. The number of aromatic nitrogens is 1. The van der Waals surface area contributed by atoms with Crippen molar-refractivity contribution in [3.63, 3.8) is 0 Å². The van der Waals surface area contributed by atoms with Crippen LogP contribution in [0.2, 0.25) is 0 Å². The maximum atomic E-state index is 6.86. The molecule has 350 valence electrons. The van der Waals surface area contributed by atoms with E-state index in [4.69, 9.17) is 4.42 Å². The molecule has 3 heteroatoms. The van der Waals surface area contributed by atoms with Crippen molar-refractivity contribution in [2.75, 3.05) is 4.90 Å². The van der Waals surface area contributed by atoms with Crippen LogP contribution >= 0.6 is 0 Å². The van der Waals surface area contributed by atoms with Crippen molar-refractivity contribution < 1.29 is 4.42 Å². The van der Waals surface area contributed by atoms with E-state index >= 15 is 0 Å². The van der Waals surface area contributed by atoms with Gasteiger partial charge < -0.3 is 13.9 Å². The maximum absolute atomic E-state index is 6.86. The van der Waals surface area contributed by atoms with Gasteiger partial charge in [-0.25, -0.2) is 0 Å². The summed E-state index contributed by atoms with van der Waals surface area (Å²) in [6, 6.07) is 101. The van der Waals surface area contributed by atoms with Crippen LogP contribution in [0.3, 0.4) is 0 Å². The van der Waals surface area contributed by atoms with Gasteiger partial charge in [0.1, 0.15) is 11.2 Å². The molecule has 15 rings (SSSR count). The number of para-hydroxylation sites is 3. The van der Waals surface area contributed by atoms with Gasteiger partial charge in [-0.15, -0.1) is 0 Å². The van der Waals surface area contributed by atoms with Gasteiger partial charge in [0.15, 0.2) is 0 Å². The summed E-state index contributed by atoms with van der Waals surface area (Å²) in [7, 11) is 0. The summed E-state index contributed by atoms with van der Waals surface area (Å²) in [5, 5.41) is 12.1. The lowest BCUT2D eigenvalue weighted by molar-refractivity contribution is 0.674. The summed E-state index contributed by atoms with van der Waals surface area (Å²) in [4.78, 5) is 2.37. The quantitative estimate of drug-likeness (QED) is 0.142. The first-order valence-corrected chi connectivity index (χ1v) is 25.7. The summed E-state index contributed by atoms with van der Waals surface area (Å²) < 4.78 is 9.24. The van der Waals surface area contributed by atoms with Gasteiger partial charge in [0, 0.05) is 55.2 Å². The minimum Gasteiger partial charge on any atom is -0.455 e. The largest absolute Gasteiger partial charge is 0.455 e. The second-order valence-corrected chi connectivity index (χ2v) is 19.6. The van der Waals surface area contributed by atoms with Gasteiger partial charge in [-0.2, -0.15) is 0 Å². The van der Waals surface area contributed by atoms with Gasteiger partial charge in [-0.1, -0.05) is 206 Å². The summed E-state index contributed by atoms with van der Waals surface area (Å²) in [5.74, 6) is 0. The molecule has 3 nitrogen and oxygen atoms in total. The fraction of sp³-hybridized carbons (Fsp3) is 0. The Morgan fingerprint density at radius 2 is 0.773 bits per heavy atom. The van der Waals surface area contributed by atoms with Gasteiger partial charge in [0.25, 0.3) is 0 Å². The molecule has 0 saturated heterocycles. The summed E-state index contributed by atoms with van der Waals surface area (Å²) >= 11 is 0. The molecule has 0 unspecified atom stereocenters. The normalized spacial score (nSPS) is 11.7. The standard InChI is InChI=1S/C72H46N2O/c1-4-21-60-50(14-1)38-43-67-66-27-13-26-61(72(66)75-71(60)67)53-17-12-18-57(45-53)73(56-41-36-49(37-42-56)52-16-11-19-58(44-52)74-69-28-9-7-24-64(69)65-25-8-10-29-70(65)74)55-39-34-48(35-40-55)47-30-32-51(33-31-47)68-46-54-15-2-3-20-59(54)62-22-5-6-23-63(62)68/h1-46H. The first-order valence-electron chi connectivity index (χ1n) is 25.7. The third kappa shape index (κ3) is 7.12. The minimum atomic E-state index is 0.893. The van der Waals surface area contributed by atoms with E-state index in [9.17, 15) is 0 Å². The van der Waals surface area contributed by atoms with Gasteiger partial charge in [0.05, 0.1) is 11.0 Å². The predicted octanol–water partition coefficient (Wildman–Crippen LogP) is 20.3. The van der Waals surface area contributed by atoms with Crippen molar-refractivity contribution in [2.45, 2.75) is 0 Å². The molecular formula is C72H46N2O. The summed E-state index contributed by atoms with van der Waals surface area (Å²) in [5.41, 5.74) is 17.7. The fourth-order valence-corrected chi connectivity index (χ4v) is 11.8. The van der Waals surface area contributed by atoms with Crippen molar-refractivity contribution in [1.29, 1.82) is 0 Å². The molecule has 0 aliphatic rings. The average molecular weight is 955 g/mol. The molecule has 13 aromatic carbocycles.